The van der Waals surface area contributed by atoms with Crippen LogP contribution in [-0.4, -0.2) is 19.1 Å². The van der Waals surface area contributed by atoms with E-state index in [1.165, 1.54) is 11.3 Å². The van der Waals surface area contributed by atoms with Crippen LogP contribution in [0.15, 0.2) is 18.2 Å². The molecule has 0 spiro atoms. The first-order valence-corrected chi connectivity index (χ1v) is 5.82. The van der Waals surface area contributed by atoms with Crippen molar-refractivity contribution < 1.29 is 0 Å². The molecule has 0 bridgehead atoms. The van der Waals surface area contributed by atoms with Gasteiger partial charge in [-0.1, -0.05) is 23.7 Å². The molecule has 0 saturated carbocycles. The molecule has 0 saturated heterocycles. The number of hydrogen-bond donors (Lipinski definition) is 1. The minimum absolute atomic E-state index is 0.489. The molecule has 1 aromatic carbocycles. The predicted molar refractivity (Wildman–Crippen MR) is 65.6 cm³/mol. The van der Waals surface area contributed by atoms with Gasteiger partial charge in [-0.25, -0.2) is 0 Å². The van der Waals surface area contributed by atoms with Gasteiger partial charge in [0.1, 0.15) is 0 Å². The van der Waals surface area contributed by atoms with Crippen molar-refractivity contribution in [3.8, 4) is 0 Å². The third kappa shape index (κ3) is 2.11. The molecule has 1 heterocycles. The van der Waals surface area contributed by atoms with Gasteiger partial charge in [-0.05, 0) is 25.5 Å². The summed E-state index contributed by atoms with van der Waals surface area (Å²) in [5.41, 5.74) is 2.51. The van der Waals surface area contributed by atoms with E-state index < -0.39 is 0 Å². The molecule has 1 aliphatic rings. The summed E-state index contributed by atoms with van der Waals surface area (Å²) in [7, 11) is 0. The first-order valence-electron chi connectivity index (χ1n) is 5.45. The quantitative estimate of drug-likeness (QED) is 0.789. The first-order chi connectivity index (χ1) is 7.20. The number of fused-ring (bicyclic) bond motifs is 1. The third-order valence-corrected chi connectivity index (χ3v) is 3.13. The maximum atomic E-state index is 6.28. The zero-order valence-corrected chi connectivity index (χ0v) is 10.0. The molecule has 0 fully saturated rings. The Balaban J connectivity index is 2.47. The lowest BCUT2D eigenvalue weighted by Gasteiger charge is -2.29. The highest BCUT2D eigenvalue weighted by molar-refractivity contribution is 6.33. The largest absolute Gasteiger partial charge is 0.366 e. The highest BCUT2D eigenvalue weighted by atomic mass is 35.5. The van der Waals surface area contributed by atoms with Gasteiger partial charge in [0.25, 0.3) is 0 Å². The minimum atomic E-state index is 0.489. The predicted octanol–water partition coefficient (Wildman–Crippen LogP) is 2.66. The molecule has 0 aromatic heterocycles. The van der Waals surface area contributed by atoms with Crippen molar-refractivity contribution in [3.63, 3.8) is 0 Å². The number of benzene rings is 1. The molecule has 0 amide bonds. The van der Waals surface area contributed by atoms with Crippen molar-refractivity contribution in [2.75, 3.05) is 18.0 Å². The van der Waals surface area contributed by atoms with Crippen LogP contribution in [0.5, 0.6) is 0 Å². The van der Waals surface area contributed by atoms with Crippen molar-refractivity contribution in [1.29, 1.82) is 0 Å². The van der Waals surface area contributed by atoms with Crippen LogP contribution in [-0.2, 0) is 6.54 Å². The zero-order valence-electron chi connectivity index (χ0n) is 9.26. The van der Waals surface area contributed by atoms with Crippen LogP contribution in [0, 0.1) is 0 Å². The van der Waals surface area contributed by atoms with E-state index in [0.29, 0.717) is 6.04 Å². The summed E-state index contributed by atoms with van der Waals surface area (Å²) >= 11 is 6.28. The van der Waals surface area contributed by atoms with Gasteiger partial charge >= 0.3 is 0 Å². The van der Waals surface area contributed by atoms with E-state index in [4.69, 9.17) is 11.6 Å². The van der Waals surface area contributed by atoms with Crippen molar-refractivity contribution >= 4 is 17.3 Å². The van der Waals surface area contributed by atoms with E-state index in [1.54, 1.807) is 0 Å². The van der Waals surface area contributed by atoms with E-state index in [-0.39, 0.29) is 0 Å². The molecule has 1 aliphatic heterocycles. The summed E-state index contributed by atoms with van der Waals surface area (Å²) in [5.74, 6) is 0. The Bertz CT molecular complexity index is 349. The van der Waals surface area contributed by atoms with Crippen LogP contribution in [0.2, 0.25) is 5.02 Å². The van der Waals surface area contributed by atoms with Crippen molar-refractivity contribution in [2.45, 2.75) is 26.4 Å². The second-order valence-corrected chi connectivity index (χ2v) is 4.62. The van der Waals surface area contributed by atoms with E-state index in [9.17, 15) is 0 Å². The second kappa shape index (κ2) is 4.42. The van der Waals surface area contributed by atoms with Crippen LogP contribution in [0.25, 0.3) is 0 Å². The average Bonchev–Trinajstić information content (AvgIpc) is 2.40. The highest BCUT2D eigenvalue weighted by Crippen LogP contribution is 2.32. The molecule has 3 heteroatoms. The zero-order chi connectivity index (χ0) is 10.8. The number of para-hydroxylation sites is 1. The molecule has 0 radical (unpaired) electrons. The standard InChI is InChI=1S/C12H17ClN2/c1-9(2)15-7-6-14-8-10-4-3-5-11(13)12(10)15/h3-5,9,14H,6-8H2,1-2H3. The smallest absolute Gasteiger partial charge is 0.0643 e. The fourth-order valence-electron chi connectivity index (χ4n) is 2.08. The molecule has 2 rings (SSSR count). The van der Waals surface area contributed by atoms with Gasteiger partial charge < -0.3 is 10.2 Å². The summed E-state index contributed by atoms with van der Waals surface area (Å²) in [4.78, 5) is 2.37. The van der Waals surface area contributed by atoms with E-state index in [1.807, 2.05) is 12.1 Å². The summed E-state index contributed by atoms with van der Waals surface area (Å²) in [6, 6.07) is 6.63. The molecule has 0 atom stereocenters. The van der Waals surface area contributed by atoms with Crippen LogP contribution in [0.1, 0.15) is 19.4 Å². The first kappa shape index (κ1) is 10.8. The summed E-state index contributed by atoms with van der Waals surface area (Å²) in [5, 5.41) is 4.28. The molecule has 1 N–H and O–H groups in total. The Kier molecular flexibility index (Phi) is 3.17. The Hall–Kier alpha value is -0.730. The normalized spacial score (nSPS) is 16.4. The molecule has 0 unspecified atom stereocenters. The van der Waals surface area contributed by atoms with Crippen LogP contribution in [0.4, 0.5) is 5.69 Å². The van der Waals surface area contributed by atoms with Gasteiger partial charge in [0, 0.05) is 25.7 Å². The Morgan fingerprint density at radius 3 is 2.93 bits per heavy atom. The Morgan fingerprint density at radius 1 is 1.40 bits per heavy atom. The number of hydrogen-bond acceptors (Lipinski definition) is 2. The van der Waals surface area contributed by atoms with Gasteiger partial charge in [-0.2, -0.15) is 0 Å². The molecular formula is C12H17ClN2. The lowest BCUT2D eigenvalue weighted by molar-refractivity contribution is 0.647. The van der Waals surface area contributed by atoms with Gasteiger partial charge in [0.05, 0.1) is 10.7 Å². The molecule has 15 heavy (non-hydrogen) atoms. The molecule has 0 aliphatic carbocycles. The topological polar surface area (TPSA) is 15.3 Å². The Morgan fingerprint density at radius 2 is 2.20 bits per heavy atom. The number of rotatable bonds is 1. The number of nitrogens with zero attached hydrogens (tertiary/aromatic N) is 1. The van der Waals surface area contributed by atoms with Crippen molar-refractivity contribution in [1.82, 2.24) is 5.32 Å². The minimum Gasteiger partial charge on any atom is -0.366 e. The van der Waals surface area contributed by atoms with E-state index in [2.05, 4.69) is 30.1 Å². The van der Waals surface area contributed by atoms with Crippen LogP contribution in [0.3, 0.4) is 0 Å². The average molecular weight is 225 g/mol. The number of halogens is 1. The Labute approximate surface area is 96.2 Å². The summed E-state index contributed by atoms with van der Waals surface area (Å²) < 4.78 is 0. The maximum absolute atomic E-state index is 6.28. The van der Waals surface area contributed by atoms with Crippen LogP contribution < -0.4 is 10.2 Å². The van der Waals surface area contributed by atoms with Gasteiger partial charge in [-0.15, -0.1) is 0 Å². The monoisotopic (exact) mass is 224 g/mol. The van der Waals surface area contributed by atoms with Crippen molar-refractivity contribution in [2.24, 2.45) is 0 Å². The van der Waals surface area contributed by atoms with Crippen LogP contribution >= 0.6 is 11.6 Å². The number of nitrogens with one attached hydrogen (secondary N) is 1. The maximum Gasteiger partial charge on any atom is 0.0643 e. The lowest BCUT2D eigenvalue weighted by atomic mass is 10.1. The lowest BCUT2D eigenvalue weighted by Crippen LogP contribution is -2.34. The second-order valence-electron chi connectivity index (χ2n) is 4.21. The summed E-state index contributed by atoms with van der Waals surface area (Å²) in [6.45, 7) is 7.37. The van der Waals surface area contributed by atoms with E-state index in [0.717, 1.165) is 24.7 Å². The molecule has 2 nitrogen and oxygen atoms in total. The summed E-state index contributed by atoms with van der Waals surface area (Å²) in [6.07, 6.45) is 0. The van der Waals surface area contributed by atoms with Gasteiger partial charge in [0.15, 0.2) is 0 Å². The SMILES string of the molecule is CC(C)N1CCNCc2cccc(Cl)c21. The highest BCUT2D eigenvalue weighted by Gasteiger charge is 2.19. The van der Waals surface area contributed by atoms with Crippen molar-refractivity contribution in [3.05, 3.63) is 28.8 Å². The molecular weight excluding hydrogens is 208 g/mol. The third-order valence-electron chi connectivity index (χ3n) is 2.83. The van der Waals surface area contributed by atoms with Gasteiger partial charge in [0.2, 0.25) is 0 Å². The van der Waals surface area contributed by atoms with E-state index >= 15 is 0 Å². The fraction of sp³-hybridized carbons (Fsp3) is 0.500. The van der Waals surface area contributed by atoms with Gasteiger partial charge in [-0.3, -0.25) is 0 Å². The molecule has 1 aromatic rings. The number of anilines is 1. The molecule has 82 valence electrons. The fourth-order valence-corrected chi connectivity index (χ4v) is 2.38.